The molecule has 2 aromatic carbocycles. The number of para-hydroxylation sites is 1. The molecule has 5 heteroatoms. The Bertz CT molecular complexity index is 1040. The molecule has 0 fully saturated rings. The maximum atomic E-state index is 10.2. The summed E-state index contributed by atoms with van der Waals surface area (Å²) in [6.07, 6.45) is 2.42. The monoisotopic (exact) mass is 345 g/mol. The van der Waals surface area contributed by atoms with E-state index in [1.807, 2.05) is 53.1 Å². The average Bonchev–Trinajstić information content (AvgIpc) is 3.11. The lowest BCUT2D eigenvalue weighted by atomic mass is 10.1. The standard InChI is InChI=1S/C21H19N3O2/c25-13-5-12-24-14-22-20(15-6-2-1-3-7-15)21(24)17-11-10-16-8-4-9-18(26)19(16)23-17/h1-4,6-11,14,25-26H,5,12-13H2. The van der Waals surface area contributed by atoms with Gasteiger partial charge in [0.25, 0.3) is 0 Å². The van der Waals surface area contributed by atoms with Gasteiger partial charge in [-0.25, -0.2) is 9.97 Å². The van der Waals surface area contributed by atoms with Crippen molar-refractivity contribution in [2.75, 3.05) is 6.61 Å². The van der Waals surface area contributed by atoms with Gasteiger partial charge in [0, 0.05) is 24.1 Å². The van der Waals surface area contributed by atoms with Crippen molar-refractivity contribution in [1.29, 1.82) is 0 Å². The molecule has 0 saturated heterocycles. The molecule has 0 aliphatic heterocycles. The zero-order chi connectivity index (χ0) is 17.9. The summed E-state index contributed by atoms with van der Waals surface area (Å²) in [6, 6.07) is 19.2. The number of hydrogen-bond acceptors (Lipinski definition) is 4. The summed E-state index contributed by atoms with van der Waals surface area (Å²) in [7, 11) is 0. The number of aliphatic hydroxyl groups excluding tert-OH is 1. The molecular weight excluding hydrogens is 326 g/mol. The minimum absolute atomic E-state index is 0.115. The first kappa shape index (κ1) is 16.3. The highest BCUT2D eigenvalue weighted by molar-refractivity contribution is 5.87. The quantitative estimate of drug-likeness (QED) is 0.576. The lowest BCUT2D eigenvalue weighted by Crippen LogP contribution is -2.02. The predicted octanol–water partition coefficient (Wildman–Crippen LogP) is 3.85. The number of pyridine rings is 1. The van der Waals surface area contributed by atoms with Crippen LogP contribution < -0.4 is 0 Å². The van der Waals surface area contributed by atoms with E-state index in [0.29, 0.717) is 18.5 Å². The molecule has 4 aromatic rings. The van der Waals surface area contributed by atoms with Crippen molar-refractivity contribution in [2.45, 2.75) is 13.0 Å². The van der Waals surface area contributed by atoms with Gasteiger partial charge in [0.1, 0.15) is 11.3 Å². The number of nitrogens with zero attached hydrogens (tertiary/aromatic N) is 3. The third kappa shape index (κ3) is 2.93. The van der Waals surface area contributed by atoms with Gasteiger partial charge in [-0.05, 0) is 18.6 Å². The van der Waals surface area contributed by atoms with Gasteiger partial charge >= 0.3 is 0 Å². The molecule has 2 aromatic heterocycles. The van der Waals surface area contributed by atoms with E-state index < -0.39 is 0 Å². The van der Waals surface area contributed by atoms with E-state index in [0.717, 1.165) is 28.0 Å². The summed E-state index contributed by atoms with van der Waals surface area (Å²) in [5.74, 6) is 0.159. The normalized spacial score (nSPS) is 11.1. The molecule has 130 valence electrons. The Kier molecular flexibility index (Phi) is 4.37. The van der Waals surface area contributed by atoms with Gasteiger partial charge in [-0.2, -0.15) is 0 Å². The molecule has 0 aliphatic rings. The second-order valence-electron chi connectivity index (χ2n) is 6.12. The SMILES string of the molecule is OCCCn1cnc(-c2ccccc2)c1-c1ccc2cccc(O)c2n1. The average molecular weight is 345 g/mol. The number of aryl methyl sites for hydroxylation is 1. The fraction of sp³-hybridized carbons (Fsp3) is 0.143. The Labute approximate surface area is 151 Å². The highest BCUT2D eigenvalue weighted by atomic mass is 16.3. The van der Waals surface area contributed by atoms with Crippen molar-refractivity contribution in [1.82, 2.24) is 14.5 Å². The summed E-state index contributed by atoms with van der Waals surface area (Å²) >= 11 is 0. The Hall–Kier alpha value is -3.18. The molecule has 2 heterocycles. The highest BCUT2D eigenvalue weighted by Gasteiger charge is 2.17. The van der Waals surface area contributed by atoms with Crippen molar-refractivity contribution < 1.29 is 10.2 Å². The van der Waals surface area contributed by atoms with Crippen molar-refractivity contribution in [3.8, 4) is 28.4 Å². The van der Waals surface area contributed by atoms with Crippen LogP contribution in [0.1, 0.15) is 6.42 Å². The number of phenols is 1. The number of rotatable bonds is 5. The number of aliphatic hydroxyl groups is 1. The predicted molar refractivity (Wildman–Crippen MR) is 102 cm³/mol. The van der Waals surface area contributed by atoms with Crippen LogP contribution in [-0.4, -0.2) is 31.4 Å². The Balaban J connectivity index is 1.91. The van der Waals surface area contributed by atoms with Gasteiger partial charge in [-0.1, -0.05) is 48.5 Å². The fourth-order valence-corrected chi connectivity index (χ4v) is 3.13. The zero-order valence-corrected chi connectivity index (χ0v) is 14.2. The summed E-state index contributed by atoms with van der Waals surface area (Å²) in [5, 5.41) is 20.3. The highest BCUT2D eigenvalue weighted by Crippen LogP contribution is 2.32. The first-order chi connectivity index (χ1) is 12.8. The molecule has 5 nitrogen and oxygen atoms in total. The van der Waals surface area contributed by atoms with E-state index in [4.69, 9.17) is 4.98 Å². The minimum atomic E-state index is 0.115. The van der Waals surface area contributed by atoms with Crippen LogP contribution in [-0.2, 0) is 6.54 Å². The third-order valence-electron chi connectivity index (χ3n) is 4.38. The first-order valence-corrected chi connectivity index (χ1v) is 8.58. The number of fused-ring (bicyclic) bond motifs is 1. The maximum absolute atomic E-state index is 10.2. The lowest BCUT2D eigenvalue weighted by molar-refractivity contribution is 0.280. The van der Waals surface area contributed by atoms with Crippen LogP contribution in [0.5, 0.6) is 5.75 Å². The Morgan fingerprint density at radius 2 is 1.77 bits per heavy atom. The molecule has 26 heavy (non-hydrogen) atoms. The second kappa shape index (κ2) is 6.98. The van der Waals surface area contributed by atoms with E-state index in [-0.39, 0.29) is 12.4 Å². The Morgan fingerprint density at radius 1 is 0.923 bits per heavy atom. The van der Waals surface area contributed by atoms with E-state index in [2.05, 4.69) is 4.98 Å². The topological polar surface area (TPSA) is 71.2 Å². The van der Waals surface area contributed by atoms with Crippen LogP contribution in [0.3, 0.4) is 0 Å². The van der Waals surface area contributed by atoms with Crippen LogP contribution in [0.25, 0.3) is 33.5 Å². The van der Waals surface area contributed by atoms with Crippen LogP contribution >= 0.6 is 0 Å². The smallest absolute Gasteiger partial charge is 0.141 e. The Morgan fingerprint density at radius 3 is 2.58 bits per heavy atom. The molecule has 0 atom stereocenters. The third-order valence-corrected chi connectivity index (χ3v) is 4.38. The van der Waals surface area contributed by atoms with E-state index >= 15 is 0 Å². The summed E-state index contributed by atoms with van der Waals surface area (Å²) < 4.78 is 2.01. The second-order valence-corrected chi connectivity index (χ2v) is 6.12. The molecule has 0 radical (unpaired) electrons. The van der Waals surface area contributed by atoms with Crippen LogP contribution in [0.15, 0.2) is 67.0 Å². The van der Waals surface area contributed by atoms with Crippen LogP contribution in [0.2, 0.25) is 0 Å². The molecule has 0 saturated carbocycles. The van der Waals surface area contributed by atoms with Crippen molar-refractivity contribution in [3.63, 3.8) is 0 Å². The van der Waals surface area contributed by atoms with Crippen molar-refractivity contribution >= 4 is 10.9 Å². The first-order valence-electron chi connectivity index (χ1n) is 8.58. The summed E-state index contributed by atoms with van der Waals surface area (Å²) in [4.78, 5) is 9.30. The maximum Gasteiger partial charge on any atom is 0.141 e. The van der Waals surface area contributed by atoms with E-state index in [1.165, 1.54) is 0 Å². The van der Waals surface area contributed by atoms with E-state index in [1.54, 1.807) is 18.5 Å². The summed E-state index contributed by atoms with van der Waals surface area (Å²) in [5.41, 5.74) is 4.04. The molecule has 0 aliphatic carbocycles. The molecule has 2 N–H and O–H groups in total. The number of hydrogen-bond donors (Lipinski definition) is 2. The number of aromatic nitrogens is 3. The number of phenolic OH excluding ortho intramolecular Hbond substituents is 1. The molecule has 0 spiro atoms. The van der Waals surface area contributed by atoms with Gasteiger partial charge in [0.15, 0.2) is 0 Å². The molecule has 4 rings (SSSR count). The van der Waals surface area contributed by atoms with Crippen LogP contribution in [0.4, 0.5) is 0 Å². The van der Waals surface area contributed by atoms with Crippen molar-refractivity contribution in [3.05, 3.63) is 67.0 Å². The molecular formula is C21H19N3O2. The van der Waals surface area contributed by atoms with E-state index in [9.17, 15) is 10.2 Å². The largest absolute Gasteiger partial charge is 0.506 e. The molecule has 0 bridgehead atoms. The number of imidazole rings is 1. The van der Waals surface area contributed by atoms with Crippen molar-refractivity contribution in [2.24, 2.45) is 0 Å². The van der Waals surface area contributed by atoms with Gasteiger partial charge in [0.2, 0.25) is 0 Å². The van der Waals surface area contributed by atoms with Gasteiger partial charge < -0.3 is 14.8 Å². The van der Waals surface area contributed by atoms with Crippen LogP contribution in [0, 0.1) is 0 Å². The number of benzene rings is 2. The molecule has 0 amide bonds. The molecule has 0 unspecified atom stereocenters. The number of aromatic hydroxyl groups is 1. The van der Waals surface area contributed by atoms with Gasteiger partial charge in [-0.15, -0.1) is 0 Å². The summed E-state index contributed by atoms with van der Waals surface area (Å²) in [6.45, 7) is 0.760. The van der Waals surface area contributed by atoms with Gasteiger partial charge in [0.05, 0.1) is 23.4 Å². The zero-order valence-electron chi connectivity index (χ0n) is 14.2. The lowest BCUT2D eigenvalue weighted by Gasteiger charge is -2.11. The van der Waals surface area contributed by atoms with Gasteiger partial charge in [-0.3, -0.25) is 0 Å². The fourth-order valence-electron chi connectivity index (χ4n) is 3.13. The minimum Gasteiger partial charge on any atom is -0.506 e.